The van der Waals surface area contributed by atoms with E-state index in [2.05, 4.69) is 57.8 Å². The number of aliphatic carboxylic acids is 1. The average molecular weight is 770 g/mol. The summed E-state index contributed by atoms with van der Waals surface area (Å²) in [6.45, 7) is 21.6. The van der Waals surface area contributed by atoms with Crippen LogP contribution in [0.5, 0.6) is 0 Å². The molecule has 6 aliphatic carbocycles. The Hall–Kier alpha value is -2.58. The lowest BCUT2D eigenvalue weighted by atomic mass is 9.35. The minimum absolute atomic E-state index is 0.0217. The van der Waals surface area contributed by atoms with Gasteiger partial charge in [0, 0.05) is 55.6 Å². The molecule has 1 saturated heterocycles. The minimum atomic E-state index is -0.748. The number of ether oxygens (including phenoxy) is 1. The number of carboxylic acids is 1. The van der Waals surface area contributed by atoms with Gasteiger partial charge >= 0.3 is 5.97 Å². The van der Waals surface area contributed by atoms with Gasteiger partial charge in [0.1, 0.15) is 11.6 Å². The first-order valence-corrected chi connectivity index (χ1v) is 22.6. The first kappa shape index (κ1) is 40.2. The second-order valence-corrected chi connectivity index (χ2v) is 21.2. The highest BCUT2D eigenvalue weighted by Gasteiger charge is 2.66. The van der Waals surface area contributed by atoms with Crippen LogP contribution in [0.25, 0.3) is 0 Å². The number of carbonyl (C=O) groups is 3. The number of nitrogens with one attached hydrogen (secondary N) is 1. The second-order valence-electron chi connectivity index (χ2n) is 21.2. The molecule has 6 fully saturated rings. The third kappa shape index (κ3) is 6.44. The molecule has 8 nitrogen and oxygen atoms in total. The lowest BCUT2D eigenvalue weighted by molar-refractivity contribution is -0.193. The summed E-state index contributed by atoms with van der Waals surface area (Å²) in [5, 5.41) is 13.4. The van der Waals surface area contributed by atoms with Crippen LogP contribution >= 0.6 is 0 Å². The summed E-state index contributed by atoms with van der Waals surface area (Å²) in [6.07, 6.45) is 14.3. The van der Waals surface area contributed by atoms with Gasteiger partial charge in [0.05, 0.1) is 19.1 Å². The van der Waals surface area contributed by atoms with Crippen molar-refractivity contribution >= 4 is 23.4 Å². The summed E-state index contributed by atoms with van der Waals surface area (Å²) in [6, 6.07) is 4.24. The molecule has 0 bridgehead atoms. The van der Waals surface area contributed by atoms with Gasteiger partial charge in [-0.2, -0.15) is 0 Å². The third-order valence-corrected chi connectivity index (χ3v) is 18.2. The van der Waals surface area contributed by atoms with Gasteiger partial charge in [0.25, 0.3) is 0 Å². The highest BCUT2D eigenvalue weighted by molar-refractivity contribution is 6.00. The number of fused-ring (bicyclic) bond motifs is 7. The number of Topliss-reactive ketones (excluding diaryl/α,β-unsaturated/α-hetero) is 2. The number of carbonyl (C=O) groups excluding carboxylic acids is 2. The maximum Gasteiger partial charge on any atom is 0.306 e. The number of pyridine rings is 1. The molecular formula is C48H71N3O5. The molecule has 2 N–H and O–H groups in total. The highest BCUT2D eigenvalue weighted by Crippen LogP contribution is 2.74. The van der Waals surface area contributed by atoms with Crippen molar-refractivity contribution in [3.63, 3.8) is 0 Å². The Balaban J connectivity index is 0.974. The zero-order valence-electron chi connectivity index (χ0n) is 35.6. The first-order valence-electron chi connectivity index (χ1n) is 22.6. The quantitative estimate of drug-likeness (QED) is 0.215. The van der Waals surface area contributed by atoms with Gasteiger partial charge in [-0.25, -0.2) is 4.98 Å². The summed E-state index contributed by atoms with van der Waals surface area (Å²) >= 11 is 0. The van der Waals surface area contributed by atoms with E-state index in [1.165, 1.54) is 49.7 Å². The number of rotatable bonds is 11. The van der Waals surface area contributed by atoms with Gasteiger partial charge in [-0.3, -0.25) is 14.4 Å². The van der Waals surface area contributed by atoms with E-state index >= 15 is 0 Å². The SMILES string of the molecule is CC(C)C1=C2C3CCC4C(C)(CCC5C(C)(C)C(CC(=O)C6CC(C(=O)O)C6C)CCC54C)C3CCC2(CCNCc2cccnc2N2CCOCC2)CC1=O. The molecular weight excluding hydrogens is 699 g/mol. The van der Waals surface area contributed by atoms with Crippen LogP contribution in [-0.4, -0.2) is 60.5 Å². The van der Waals surface area contributed by atoms with E-state index in [4.69, 9.17) is 9.72 Å². The minimum Gasteiger partial charge on any atom is -0.481 e. The molecule has 11 unspecified atom stereocenters. The Bertz CT molecular complexity index is 1730. The molecule has 7 aliphatic rings. The van der Waals surface area contributed by atoms with Crippen molar-refractivity contribution < 1.29 is 24.2 Å². The zero-order chi connectivity index (χ0) is 39.8. The molecule has 11 atom stereocenters. The highest BCUT2D eigenvalue weighted by atomic mass is 16.5. The van der Waals surface area contributed by atoms with Crippen LogP contribution in [0.1, 0.15) is 131 Å². The van der Waals surface area contributed by atoms with Crippen LogP contribution in [-0.2, 0) is 25.7 Å². The smallest absolute Gasteiger partial charge is 0.306 e. The molecule has 1 aliphatic heterocycles. The van der Waals surface area contributed by atoms with E-state index in [1.54, 1.807) is 5.57 Å². The fourth-order valence-electron chi connectivity index (χ4n) is 15.3. The third-order valence-electron chi connectivity index (χ3n) is 18.2. The monoisotopic (exact) mass is 770 g/mol. The normalized spacial score (nSPS) is 40.4. The molecule has 8 heteroatoms. The molecule has 308 valence electrons. The van der Waals surface area contributed by atoms with Crippen LogP contribution in [0.15, 0.2) is 29.5 Å². The molecule has 0 aromatic carbocycles. The maximum absolute atomic E-state index is 14.1. The van der Waals surface area contributed by atoms with E-state index < -0.39 is 5.97 Å². The number of ketones is 2. The van der Waals surface area contributed by atoms with E-state index in [0.29, 0.717) is 60.4 Å². The van der Waals surface area contributed by atoms with Crippen molar-refractivity contribution in [1.82, 2.24) is 10.3 Å². The number of anilines is 1. The van der Waals surface area contributed by atoms with Gasteiger partial charge < -0.3 is 20.1 Å². The van der Waals surface area contributed by atoms with Crippen LogP contribution in [0.4, 0.5) is 5.82 Å². The predicted molar refractivity (Wildman–Crippen MR) is 220 cm³/mol. The molecule has 8 rings (SSSR count). The molecule has 0 radical (unpaired) electrons. The van der Waals surface area contributed by atoms with E-state index in [-0.39, 0.29) is 45.3 Å². The maximum atomic E-state index is 14.1. The van der Waals surface area contributed by atoms with Crippen molar-refractivity contribution in [2.24, 2.45) is 74.9 Å². The van der Waals surface area contributed by atoms with Crippen LogP contribution in [0.3, 0.4) is 0 Å². The fourth-order valence-corrected chi connectivity index (χ4v) is 15.3. The summed E-state index contributed by atoms with van der Waals surface area (Å²) in [7, 11) is 0. The molecule has 1 aromatic heterocycles. The van der Waals surface area contributed by atoms with E-state index in [9.17, 15) is 19.5 Å². The van der Waals surface area contributed by atoms with Crippen molar-refractivity contribution in [1.29, 1.82) is 0 Å². The van der Waals surface area contributed by atoms with Gasteiger partial charge in [-0.1, -0.05) is 60.1 Å². The number of nitrogens with zero attached hydrogens (tertiary/aromatic N) is 2. The topological polar surface area (TPSA) is 109 Å². The summed E-state index contributed by atoms with van der Waals surface area (Å²) in [5.74, 6) is 3.54. The van der Waals surface area contributed by atoms with Crippen molar-refractivity contribution in [3.8, 4) is 0 Å². The van der Waals surface area contributed by atoms with E-state index in [0.717, 1.165) is 64.5 Å². The zero-order valence-corrected chi connectivity index (χ0v) is 35.6. The van der Waals surface area contributed by atoms with Gasteiger partial charge in [0.15, 0.2) is 5.78 Å². The number of hydrogen-bond donors (Lipinski definition) is 2. The van der Waals surface area contributed by atoms with E-state index in [1.807, 2.05) is 19.2 Å². The number of morpholine rings is 1. The standard InChI is InChI=1S/C48H71N3O5/c1-29(2)41-38(53)27-48(18-20-49-28-31-9-8-19-50-43(31)51-21-23-56-24-22-51)17-13-36-33(42(41)48)10-11-40-46(36,6)16-14-39-45(4,5)32(12-15-47(39,40)7)25-37(52)34-26-35(30(34)3)44(54)55/h8-9,19,29-30,32-36,39-40,49H,10-18,20-28H2,1-7H3,(H,54,55). The number of aromatic nitrogens is 1. The lowest BCUT2D eigenvalue weighted by Gasteiger charge is -2.69. The van der Waals surface area contributed by atoms with Gasteiger partial charge in [-0.05, 0) is 140 Å². The largest absolute Gasteiger partial charge is 0.481 e. The fraction of sp³-hybridized carbons (Fsp3) is 0.792. The Morgan fingerprint density at radius 1 is 0.982 bits per heavy atom. The van der Waals surface area contributed by atoms with Gasteiger partial charge in [0.2, 0.25) is 0 Å². The first-order chi connectivity index (χ1) is 26.6. The van der Waals surface area contributed by atoms with Gasteiger partial charge in [-0.15, -0.1) is 0 Å². The number of carboxylic acid groups (broad SMARTS) is 1. The predicted octanol–water partition coefficient (Wildman–Crippen LogP) is 8.92. The second kappa shape index (κ2) is 14.9. The summed E-state index contributed by atoms with van der Waals surface area (Å²) < 4.78 is 5.61. The molecule has 0 amide bonds. The Labute approximate surface area is 336 Å². The Morgan fingerprint density at radius 2 is 1.73 bits per heavy atom. The molecule has 56 heavy (non-hydrogen) atoms. The van der Waals surface area contributed by atoms with Crippen molar-refractivity contribution in [2.45, 2.75) is 132 Å². The van der Waals surface area contributed by atoms with Crippen molar-refractivity contribution in [2.75, 3.05) is 37.7 Å². The lowest BCUT2D eigenvalue weighted by Crippen LogP contribution is -2.62. The van der Waals surface area contributed by atoms with Crippen LogP contribution < -0.4 is 10.2 Å². The Morgan fingerprint density at radius 3 is 2.45 bits per heavy atom. The average Bonchev–Trinajstić information content (AvgIpc) is 3.46. The molecule has 0 spiro atoms. The summed E-state index contributed by atoms with van der Waals surface area (Å²) in [5.41, 5.74) is 4.54. The molecule has 5 saturated carbocycles. The number of allylic oxidation sites excluding steroid dienone is 2. The van der Waals surface area contributed by atoms with Crippen molar-refractivity contribution in [3.05, 3.63) is 35.0 Å². The number of hydrogen-bond acceptors (Lipinski definition) is 7. The van der Waals surface area contributed by atoms with Crippen LogP contribution in [0.2, 0.25) is 0 Å². The Kier molecular flexibility index (Phi) is 10.7. The van der Waals surface area contributed by atoms with Crippen LogP contribution in [0, 0.1) is 74.9 Å². The molecule has 2 heterocycles. The molecule has 1 aromatic rings. The summed E-state index contributed by atoms with van der Waals surface area (Å²) in [4.78, 5) is 46.5.